The van der Waals surface area contributed by atoms with E-state index in [1.807, 2.05) is 31.2 Å². The lowest BCUT2D eigenvalue weighted by Gasteiger charge is -1.99. The Kier molecular flexibility index (Phi) is 3.89. The van der Waals surface area contributed by atoms with Crippen LogP contribution in [-0.4, -0.2) is 19.7 Å². The van der Waals surface area contributed by atoms with Gasteiger partial charge in [0.25, 0.3) is 11.2 Å². The van der Waals surface area contributed by atoms with Crippen LogP contribution in [0, 0.1) is 17.0 Å². The minimum absolute atomic E-state index is 0.0337. The summed E-state index contributed by atoms with van der Waals surface area (Å²) in [6.45, 7) is 1.84. The molecule has 0 radical (unpaired) electrons. The molecule has 4 aromatic rings. The zero-order chi connectivity index (χ0) is 18.3. The van der Waals surface area contributed by atoms with E-state index in [1.165, 1.54) is 28.2 Å². The normalized spacial score (nSPS) is 11.1. The van der Waals surface area contributed by atoms with Crippen molar-refractivity contribution in [3.8, 4) is 5.13 Å². The van der Waals surface area contributed by atoms with Gasteiger partial charge in [-0.3, -0.25) is 20.0 Å². The number of H-pyrrole nitrogens is 1. The fraction of sp³-hybridized carbons (Fsp3) is 0.111. The number of hydrogen-bond donors (Lipinski definition) is 1. The second-order valence-corrected chi connectivity index (χ2v) is 6.93. The van der Waals surface area contributed by atoms with Gasteiger partial charge in [-0.15, -0.1) is 0 Å². The standard InChI is InChI=1S/C18H14N4O3S/c1-11-14(10-12-6-8-13(9-7-12)22(24)25)17(23)21(20-11)18-19-15-4-2-3-5-16(15)26-18/h2-9,20H,10H2,1H3. The summed E-state index contributed by atoms with van der Waals surface area (Å²) in [5.74, 6) is 0. The van der Waals surface area contributed by atoms with Crippen molar-refractivity contribution in [1.82, 2.24) is 14.8 Å². The van der Waals surface area contributed by atoms with E-state index >= 15 is 0 Å². The van der Waals surface area contributed by atoms with E-state index in [0.29, 0.717) is 17.1 Å². The summed E-state index contributed by atoms with van der Waals surface area (Å²) >= 11 is 1.44. The number of thiazole rings is 1. The molecule has 2 aromatic heterocycles. The predicted molar refractivity (Wildman–Crippen MR) is 100 cm³/mol. The lowest BCUT2D eigenvalue weighted by atomic mass is 10.1. The minimum Gasteiger partial charge on any atom is -0.293 e. The van der Waals surface area contributed by atoms with Crippen molar-refractivity contribution >= 4 is 27.2 Å². The highest BCUT2D eigenvalue weighted by atomic mass is 32.1. The van der Waals surface area contributed by atoms with Crippen molar-refractivity contribution in [2.75, 3.05) is 0 Å². The van der Waals surface area contributed by atoms with Gasteiger partial charge in [0, 0.05) is 29.8 Å². The third kappa shape index (κ3) is 2.80. The van der Waals surface area contributed by atoms with E-state index in [2.05, 4.69) is 10.1 Å². The molecule has 130 valence electrons. The lowest BCUT2D eigenvalue weighted by Crippen LogP contribution is -2.17. The second kappa shape index (κ2) is 6.23. The van der Waals surface area contributed by atoms with Crippen LogP contribution in [0.1, 0.15) is 16.8 Å². The van der Waals surface area contributed by atoms with Crippen LogP contribution in [0.4, 0.5) is 5.69 Å². The minimum atomic E-state index is -0.439. The van der Waals surface area contributed by atoms with Crippen LogP contribution < -0.4 is 5.56 Å². The molecule has 8 heteroatoms. The Hall–Kier alpha value is -3.26. The molecule has 2 aromatic carbocycles. The number of benzene rings is 2. The molecule has 0 fully saturated rings. The fourth-order valence-corrected chi connectivity index (χ4v) is 3.74. The first-order chi connectivity index (χ1) is 12.5. The van der Waals surface area contributed by atoms with E-state index in [1.54, 1.807) is 12.1 Å². The summed E-state index contributed by atoms with van der Waals surface area (Å²) in [5.41, 5.74) is 2.95. The first kappa shape index (κ1) is 16.2. The van der Waals surface area contributed by atoms with Crippen molar-refractivity contribution < 1.29 is 4.92 Å². The molecule has 0 spiro atoms. The molecule has 1 N–H and O–H groups in total. The summed E-state index contributed by atoms with van der Waals surface area (Å²) < 4.78 is 2.47. The smallest absolute Gasteiger partial charge is 0.277 e. The number of aryl methyl sites for hydroxylation is 1. The zero-order valence-electron chi connectivity index (χ0n) is 13.8. The van der Waals surface area contributed by atoms with Gasteiger partial charge in [-0.25, -0.2) is 4.98 Å². The van der Waals surface area contributed by atoms with Gasteiger partial charge in [0.1, 0.15) is 0 Å². The van der Waals surface area contributed by atoms with E-state index in [-0.39, 0.29) is 11.2 Å². The summed E-state index contributed by atoms with van der Waals surface area (Å²) in [6.07, 6.45) is 0.400. The van der Waals surface area contributed by atoms with Crippen LogP contribution >= 0.6 is 11.3 Å². The molecule has 26 heavy (non-hydrogen) atoms. The summed E-state index contributed by atoms with van der Waals surface area (Å²) in [6, 6.07) is 14.0. The molecule has 0 amide bonds. The van der Waals surface area contributed by atoms with Gasteiger partial charge in [-0.2, -0.15) is 4.68 Å². The predicted octanol–water partition coefficient (Wildman–Crippen LogP) is 3.58. The fourth-order valence-electron chi connectivity index (χ4n) is 2.82. The van der Waals surface area contributed by atoms with Crippen LogP contribution in [0.5, 0.6) is 0 Å². The molecule has 0 aliphatic carbocycles. The Balaban J connectivity index is 1.70. The Morgan fingerprint density at radius 1 is 1.19 bits per heavy atom. The second-order valence-electron chi connectivity index (χ2n) is 5.92. The number of hydrogen-bond acceptors (Lipinski definition) is 5. The first-order valence-electron chi connectivity index (χ1n) is 7.92. The maximum absolute atomic E-state index is 12.8. The van der Waals surface area contributed by atoms with Gasteiger partial charge in [0.2, 0.25) is 5.13 Å². The molecule has 0 unspecified atom stereocenters. The highest BCUT2D eigenvalue weighted by Crippen LogP contribution is 2.24. The largest absolute Gasteiger partial charge is 0.293 e. The van der Waals surface area contributed by atoms with Crippen LogP contribution in [0.25, 0.3) is 15.3 Å². The molecule has 0 saturated carbocycles. The highest BCUT2D eigenvalue weighted by molar-refractivity contribution is 7.20. The molecule has 0 bridgehead atoms. The summed E-state index contributed by atoms with van der Waals surface area (Å²) in [5, 5.41) is 14.4. The highest BCUT2D eigenvalue weighted by Gasteiger charge is 2.16. The Morgan fingerprint density at radius 2 is 1.92 bits per heavy atom. The number of aromatic amines is 1. The van der Waals surface area contributed by atoms with E-state index in [9.17, 15) is 14.9 Å². The average molecular weight is 366 g/mol. The molecule has 0 aliphatic heterocycles. The number of nitro groups is 1. The molecular formula is C18H14N4O3S. The molecule has 2 heterocycles. The van der Waals surface area contributed by atoms with Crippen LogP contribution in [0.15, 0.2) is 53.3 Å². The molecule has 0 atom stereocenters. The van der Waals surface area contributed by atoms with Crippen LogP contribution in [0.2, 0.25) is 0 Å². The van der Waals surface area contributed by atoms with Crippen molar-refractivity contribution in [3.05, 3.63) is 85.8 Å². The van der Waals surface area contributed by atoms with Gasteiger partial charge in [0.15, 0.2) is 0 Å². The average Bonchev–Trinajstić information content (AvgIpc) is 3.18. The third-order valence-corrected chi connectivity index (χ3v) is 5.22. The van der Waals surface area contributed by atoms with Gasteiger partial charge >= 0.3 is 0 Å². The zero-order valence-corrected chi connectivity index (χ0v) is 14.6. The third-order valence-electron chi connectivity index (χ3n) is 4.20. The monoisotopic (exact) mass is 366 g/mol. The Morgan fingerprint density at radius 3 is 2.62 bits per heavy atom. The number of para-hydroxylation sites is 1. The van der Waals surface area contributed by atoms with Gasteiger partial charge in [0.05, 0.1) is 15.1 Å². The number of fused-ring (bicyclic) bond motifs is 1. The number of non-ortho nitro benzene ring substituents is 1. The SMILES string of the molecule is Cc1[nH]n(-c2nc3ccccc3s2)c(=O)c1Cc1ccc([N+](=O)[O-])cc1. The van der Waals surface area contributed by atoms with Gasteiger partial charge in [-0.05, 0) is 24.6 Å². The topological polar surface area (TPSA) is 93.8 Å². The van der Waals surface area contributed by atoms with Crippen molar-refractivity contribution in [3.63, 3.8) is 0 Å². The lowest BCUT2D eigenvalue weighted by molar-refractivity contribution is -0.384. The number of nitrogens with zero attached hydrogens (tertiary/aromatic N) is 3. The number of aromatic nitrogens is 3. The molecular weight excluding hydrogens is 352 g/mol. The first-order valence-corrected chi connectivity index (χ1v) is 8.74. The maximum Gasteiger partial charge on any atom is 0.277 e. The van der Waals surface area contributed by atoms with E-state index in [0.717, 1.165) is 21.5 Å². The Bertz CT molecular complexity index is 1140. The molecule has 0 aliphatic rings. The van der Waals surface area contributed by atoms with Crippen LogP contribution in [0.3, 0.4) is 0 Å². The van der Waals surface area contributed by atoms with Gasteiger partial charge < -0.3 is 0 Å². The Labute approximate surface area is 151 Å². The van der Waals surface area contributed by atoms with Gasteiger partial charge in [-0.1, -0.05) is 35.6 Å². The summed E-state index contributed by atoms with van der Waals surface area (Å²) in [7, 11) is 0. The molecule has 4 rings (SSSR count). The number of nitro benzene ring substituents is 1. The molecule has 0 saturated heterocycles. The maximum atomic E-state index is 12.8. The van der Waals surface area contributed by atoms with Crippen molar-refractivity contribution in [2.24, 2.45) is 0 Å². The summed E-state index contributed by atoms with van der Waals surface area (Å²) in [4.78, 5) is 27.7. The number of rotatable bonds is 4. The van der Waals surface area contributed by atoms with Crippen molar-refractivity contribution in [2.45, 2.75) is 13.3 Å². The van der Waals surface area contributed by atoms with E-state index in [4.69, 9.17) is 0 Å². The quantitative estimate of drug-likeness (QED) is 0.441. The van der Waals surface area contributed by atoms with Crippen LogP contribution in [-0.2, 0) is 6.42 Å². The number of nitrogens with one attached hydrogen (secondary N) is 1. The van der Waals surface area contributed by atoms with E-state index < -0.39 is 4.92 Å². The van der Waals surface area contributed by atoms with Crippen molar-refractivity contribution in [1.29, 1.82) is 0 Å². The molecule has 7 nitrogen and oxygen atoms in total.